The van der Waals surface area contributed by atoms with E-state index in [-0.39, 0.29) is 5.60 Å². The van der Waals surface area contributed by atoms with Crippen LogP contribution >= 0.6 is 0 Å². The van der Waals surface area contributed by atoms with Crippen molar-refractivity contribution in [2.75, 3.05) is 7.11 Å². The maximum Gasteiger partial charge on any atom is 0.131 e. The molecule has 0 unspecified atom stereocenters. The quantitative estimate of drug-likeness (QED) is 0.737. The SMILES string of the molecule is COc1ccc2c(c1)OC1(C=C2)CCCCCC1. The largest absolute Gasteiger partial charge is 0.497 e. The lowest BCUT2D eigenvalue weighted by Gasteiger charge is -2.34. The molecule has 0 bridgehead atoms. The van der Waals surface area contributed by atoms with Gasteiger partial charge in [-0.25, -0.2) is 0 Å². The molecule has 1 spiro atoms. The van der Waals surface area contributed by atoms with Crippen LogP contribution in [0.3, 0.4) is 0 Å². The van der Waals surface area contributed by atoms with E-state index in [2.05, 4.69) is 18.2 Å². The summed E-state index contributed by atoms with van der Waals surface area (Å²) >= 11 is 0. The molecule has 1 fully saturated rings. The van der Waals surface area contributed by atoms with Gasteiger partial charge in [-0.1, -0.05) is 18.9 Å². The van der Waals surface area contributed by atoms with Gasteiger partial charge in [-0.15, -0.1) is 0 Å². The Hall–Kier alpha value is -1.44. The molecule has 0 aromatic heterocycles. The third-order valence-electron chi connectivity index (χ3n) is 4.05. The second-order valence-corrected chi connectivity index (χ2v) is 5.32. The highest BCUT2D eigenvalue weighted by molar-refractivity contribution is 5.62. The number of methoxy groups -OCH3 is 1. The third-order valence-corrected chi connectivity index (χ3v) is 4.05. The van der Waals surface area contributed by atoms with Gasteiger partial charge in [0.05, 0.1) is 7.11 Å². The molecule has 1 aromatic rings. The molecule has 3 rings (SSSR count). The van der Waals surface area contributed by atoms with Crippen LogP contribution in [0.25, 0.3) is 6.08 Å². The van der Waals surface area contributed by atoms with E-state index in [1.807, 2.05) is 12.1 Å². The zero-order valence-corrected chi connectivity index (χ0v) is 10.9. The minimum atomic E-state index is -0.0597. The first kappa shape index (κ1) is 11.6. The molecule has 2 heteroatoms. The summed E-state index contributed by atoms with van der Waals surface area (Å²) in [5.74, 6) is 1.84. The number of ether oxygens (including phenoxy) is 2. The van der Waals surface area contributed by atoms with Crippen LogP contribution in [0.1, 0.15) is 44.1 Å². The van der Waals surface area contributed by atoms with E-state index in [9.17, 15) is 0 Å². The maximum atomic E-state index is 6.32. The van der Waals surface area contributed by atoms with Crippen molar-refractivity contribution in [1.82, 2.24) is 0 Å². The van der Waals surface area contributed by atoms with E-state index in [0.29, 0.717) is 0 Å². The van der Waals surface area contributed by atoms with Gasteiger partial charge in [0.2, 0.25) is 0 Å². The Morgan fingerprint density at radius 1 is 1.11 bits per heavy atom. The van der Waals surface area contributed by atoms with Gasteiger partial charge < -0.3 is 9.47 Å². The van der Waals surface area contributed by atoms with Gasteiger partial charge in [0.1, 0.15) is 17.1 Å². The Morgan fingerprint density at radius 3 is 2.61 bits per heavy atom. The summed E-state index contributed by atoms with van der Waals surface area (Å²) in [6.45, 7) is 0. The van der Waals surface area contributed by atoms with Gasteiger partial charge in [-0.3, -0.25) is 0 Å². The average molecular weight is 244 g/mol. The second kappa shape index (κ2) is 4.68. The first-order valence-corrected chi connectivity index (χ1v) is 6.88. The molecular weight excluding hydrogens is 224 g/mol. The van der Waals surface area contributed by atoms with E-state index in [1.54, 1.807) is 7.11 Å². The van der Waals surface area contributed by atoms with Crippen LogP contribution in [0.2, 0.25) is 0 Å². The van der Waals surface area contributed by atoms with Gasteiger partial charge in [0.15, 0.2) is 0 Å². The molecule has 1 heterocycles. The van der Waals surface area contributed by atoms with Crippen LogP contribution in [-0.2, 0) is 0 Å². The summed E-state index contributed by atoms with van der Waals surface area (Å²) in [6.07, 6.45) is 12.0. The van der Waals surface area contributed by atoms with E-state index in [1.165, 1.54) is 25.7 Å². The molecule has 96 valence electrons. The van der Waals surface area contributed by atoms with Crippen molar-refractivity contribution in [3.63, 3.8) is 0 Å². The maximum absolute atomic E-state index is 6.32. The van der Waals surface area contributed by atoms with Crippen LogP contribution in [-0.4, -0.2) is 12.7 Å². The fourth-order valence-corrected chi connectivity index (χ4v) is 2.96. The topological polar surface area (TPSA) is 18.5 Å². The van der Waals surface area contributed by atoms with Crippen molar-refractivity contribution in [2.45, 2.75) is 44.1 Å². The summed E-state index contributed by atoms with van der Waals surface area (Å²) < 4.78 is 11.6. The molecule has 0 atom stereocenters. The molecule has 0 amide bonds. The van der Waals surface area contributed by atoms with Crippen molar-refractivity contribution >= 4 is 6.08 Å². The van der Waals surface area contributed by atoms with Crippen molar-refractivity contribution in [1.29, 1.82) is 0 Å². The van der Waals surface area contributed by atoms with Crippen LogP contribution < -0.4 is 9.47 Å². The Balaban J connectivity index is 1.90. The molecule has 18 heavy (non-hydrogen) atoms. The zero-order valence-electron chi connectivity index (χ0n) is 10.9. The first-order chi connectivity index (χ1) is 8.81. The van der Waals surface area contributed by atoms with E-state index < -0.39 is 0 Å². The summed E-state index contributed by atoms with van der Waals surface area (Å²) in [5, 5.41) is 0. The van der Waals surface area contributed by atoms with Gasteiger partial charge in [0, 0.05) is 11.6 Å². The number of rotatable bonds is 1. The Morgan fingerprint density at radius 2 is 1.89 bits per heavy atom. The summed E-state index contributed by atoms with van der Waals surface area (Å²) in [4.78, 5) is 0. The molecule has 1 aliphatic carbocycles. The molecule has 1 saturated carbocycles. The van der Waals surface area contributed by atoms with Crippen LogP contribution in [0, 0.1) is 0 Å². The molecular formula is C16H20O2. The number of hydrogen-bond acceptors (Lipinski definition) is 2. The van der Waals surface area contributed by atoms with Gasteiger partial charge in [0.25, 0.3) is 0 Å². The summed E-state index contributed by atoms with van der Waals surface area (Å²) in [6, 6.07) is 6.05. The van der Waals surface area contributed by atoms with Crippen LogP contribution in [0.15, 0.2) is 24.3 Å². The molecule has 2 nitrogen and oxygen atoms in total. The Labute approximate surface area is 109 Å². The molecule has 1 aromatic carbocycles. The van der Waals surface area contributed by atoms with Gasteiger partial charge in [-0.05, 0) is 43.9 Å². The van der Waals surface area contributed by atoms with Gasteiger partial charge >= 0.3 is 0 Å². The predicted octanol–water partition coefficient (Wildman–Crippen LogP) is 4.19. The molecule has 0 N–H and O–H groups in total. The second-order valence-electron chi connectivity index (χ2n) is 5.32. The average Bonchev–Trinajstić information content (AvgIpc) is 2.64. The normalized spacial score (nSPS) is 20.9. The lowest BCUT2D eigenvalue weighted by atomic mass is 9.90. The number of fused-ring (bicyclic) bond motifs is 1. The molecule has 2 aliphatic rings. The standard InChI is InChI=1S/C16H20O2/c1-17-14-7-6-13-8-11-16(18-15(13)12-14)9-4-2-3-5-10-16/h6-8,11-12H,2-5,9-10H2,1H3. The highest BCUT2D eigenvalue weighted by Crippen LogP contribution is 2.40. The summed E-state index contributed by atoms with van der Waals surface area (Å²) in [7, 11) is 1.70. The molecule has 0 radical (unpaired) electrons. The van der Waals surface area contributed by atoms with E-state index in [0.717, 1.165) is 29.9 Å². The van der Waals surface area contributed by atoms with Crippen LogP contribution in [0.4, 0.5) is 0 Å². The van der Waals surface area contributed by atoms with Crippen molar-refractivity contribution in [2.24, 2.45) is 0 Å². The van der Waals surface area contributed by atoms with E-state index >= 15 is 0 Å². The monoisotopic (exact) mass is 244 g/mol. The predicted molar refractivity (Wildman–Crippen MR) is 73.1 cm³/mol. The highest BCUT2D eigenvalue weighted by Gasteiger charge is 2.33. The fourth-order valence-electron chi connectivity index (χ4n) is 2.96. The molecule has 0 saturated heterocycles. The highest BCUT2D eigenvalue weighted by atomic mass is 16.5. The Kier molecular flexibility index (Phi) is 3.02. The van der Waals surface area contributed by atoms with Crippen LogP contribution in [0.5, 0.6) is 11.5 Å². The number of benzene rings is 1. The molecule has 1 aliphatic heterocycles. The van der Waals surface area contributed by atoms with Crippen molar-refractivity contribution in [3.8, 4) is 11.5 Å². The van der Waals surface area contributed by atoms with E-state index in [4.69, 9.17) is 9.47 Å². The van der Waals surface area contributed by atoms with Crippen molar-refractivity contribution in [3.05, 3.63) is 29.8 Å². The third kappa shape index (κ3) is 2.12. The zero-order chi connectivity index (χ0) is 12.4. The minimum absolute atomic E-state index is 0.0597. The number of hydrogen-bond donors (Lipinski definition) is 0. The Bertz CT molecular complexity index is 454. The summed E-state index contributed by atoms with van der Waals surface area (Å²) in [5.41, 5.74) is 1.10. The van der Waals surface area contributed by atoms with Gasteiger partial charge in [-0.2, -0.15) is 0 Å². The first-order valence-electron chi connectivity index (χ1n) is 6.88. The fraction of sp³-hybridized carbons (Fsp3) is 0.500. The lowest BCUT2D eigenvalue weighted by molar-refractivity contribution is 0.0996. The van der Waals surface area contributed by atoms with Crippen molar-refractivity contribution < 1.29 is 9.47 Å². The lowest BCUT2D eigenvalue weighted by Crippen LogP contribution is -2.34. The smallest absolute Gasteiger partial charge is 0.131 e. The minimum Gasteiger partial charge on any atom is -0.497 e.